The van der Waals surface area contributed by atoms with Gasteiger partial charge in [-0.05, 0) is 31.0 Å². The third-order valence-corrected chi connectivity index (χ3v) is 4.34. The predicted octanol–water partition coefficient (Wildman–Crippen LogP) is 2.10. The van der Waals surface area contributed by atoms with Gasteiger partial charge in [-0.15, -0.1) is 0 Å². The predicted molar refractivity (Wildman–Crippen MR) is 102 cm³/mol. The van der Waals surface area contributed by atoms with Crippen molar-refractivity contribution in [2.45, 2.75) is 24.9 Å². The summed E-state index contributed by atoms with van der Waals surface area (Å²) in [5, 5.41) is 6.03. The van der Waals surface area contributed by atoms with Crippen LogP contribution in [0, 0.1) is 0 Å². The lowest BCUT2D eigenvalue weighted by Gasteiger charge is -2.22. The zero-order valence-electron chi connectivity index (χ0n) is 15.0. The van der Waals surface area contributed by atoms with Crippen LogP contribution in [-0.2, 0) is 9.59 Å². The molecule has 3 rings (SSSR count). The Hall–Kier alpha value is -2.66. The normalized spacial score (nSPS) is 13.7. The van der Waals surface area contributed by atoms with E-state index >= 15 is 0 Å². The summed E-state index contributed by atoms with van der Waals surface area (Å²) in [5.74, 6) is -0.130. The minimum absolute atomic E-state index is 0.0227. The highest BCUT2D eigenvalue weighted by atomic mass is 16.2. The van der Waals surface area contributed by atoms with E-state index in [1.54, 1.807) is 11.9 Å². The maximum atomic E-state index is 12.5. The second kappa shape index (κ2) is 8.63. The first-order chi connectivity index (χ1) is 12.6. The van der Waals surface area contributed by atoms with E-state index in [2.05, 4.69) is 10.6 Å². The molecule has 0 aliphatic heterocycles. The molecule has 5 heteroatoms. The monoisotopic (exact) mass is 351 g/mol. The zero-order valence-corrected chi connectivity index (χ0v) is 15.0. The van der Waals surface area contributed by atoms with Gasteiger partial charge >= 0.3 is 0 Å². The van der Waals surface area contributed by atoms with Gasteiger partial charge in [0, 0.05) is 6.04 Å². The van der Waals surface area contributed by atoms with Crippen LogP contribution in [0.25, 0.3) is 0 Å². The molecule has 1 aliphatic carbocycles. The van der Waals surface area contributed by atoms with Crippen LogP contribution < -0.4 is 10.6 Å². The summed E-state index contributed by atoms with van der Waals surface area (Å²) in [6.45, 7) is 0.402. The fourth-order valence-corrected chi connectivity index (χ4v) is 2.90. The third kappa shape index (κ3) is 5.43. The van der Waals surface area contributed by atoms with Crippen LogP contribution in [-0.4, -0.2) is 42.9 Å². The van der Waals surface area contributed by atoms with E-state index in [1.165, 1.54) is 0 Å². The largest absolute Gasteiger partial charge is 0.352 e. The van der Waals surface area contributed by atoms with Gasteiger partial charge in [-0.25, -0.2) is 0 Å². The second-order valence-electron chi connectivity index (χ2n) is 6.84. The van der Waals surface area contributed by atoms with Crippen molar-refractivity contribution < 1.29 is 9.59 Å². The topological polar surface area (TPSA) is 61.4 Å². The Bertz CT molecular complexity index is 690. The quantitative estimate of drug-likeness (QED) is 0.766. The molecule has 5 nitrogen and oxygen atoms in total. The Balaban J connectivity index is 1.61. The lowest BCUT2D eigenvalue weighted by atomic mass is 9.99. The summed E-state index contributed by atoms with van der Waals surface area (Å²) in [4.78, 5) is 26.1. The number of carbonyl (C=O) groups excluding carboxylic acids is 2. The lowest BCUT2D eigenvalue weighted by molar-refractivity contribution is -0.124. The van der Waals surface area contributed by atoms with Crippen molar-refractivity contribution in [1.29, 1.82) is 0 Å². The van der Waals surface area contributed by atoms with E-state index in [0.717, 1.165) is 24.0 Å². The van der Waals surface area contributed by atoms with E-state index in [-0.39, 0.29) is 30.9 Å². The highest BCUT2D eigenvalue weighted by molar-refractivity contribution is 5.81. The number of nitrogens with zero attached hydrogens (tertiary/aromatic N) is 1. The molecule has 1 fully saturated rings. The van der Waals surface area contributed by atoms with Gasteiger partial charge < -0.3 is 10.6 Å². The molecule has 2 aromatic carbocycles. The maximum absolute atomic E-state index is 12.5. The van der Waals surface area contributed by atoms with Crippen molar-refractivity contribution >= 4 is 11.8 Å². The highest BCUT2D eigenvalue weighted by Gasteiger charge is 2.24. The molecule has 2 amide bonds. The lowest BCUT2D eigenvalue weighted by Crippen LogP contribution is -2.42. The Labute approximate surface area is 154 Å². The molecule has 0 heterocycles. The molecule has 26 heavy (non-hydrogen) atoms. The molecule has 0 unspecified atom stereocenters. The molecule has 0 atom stereocenters. The van der Waals surface area contributed by atoms with Crippen LogP contribution in [0.3, 0.4) is 0 Å². The van der Waals surface area contributed by atoms with Gasteiger partial charge in [-0.2, -0.15) is 0 Å². The van der Waals surface area contributed by atoms with E-state index in [0.29, 0.717) is 6.04 Å². The highest BCUT2D eigenvalue weighted by Crippen LogP contribution is 2.21. The Morgan fingerprint density at radius 3 is 1.92 bits per heavy atom. The van der Waals surface area contributed by atoms with Crippen LogP contribution in [0.5, 0.6) is 0 Å². The van der Waals surface area contributed by atoms with Crippen LogP contribution in [0.2, 0.25) is 0 Å². The van der Waals surface area contributed by atoms with Crippen LogP contribution in [0.1, 0.15) is 30.0 Å². The molecule has 0 radical (unpaired) electrons. The molecule has 2 aromatic rings. The number of nitrogens with one attached hydrogen (secondary N) is 2. The smallest absolute Gasteiger partial charge is 0.234 e. The summed E-state index contributed by atoms with van der Waals surface area (Å²) < 4.78 is 0. The number of carbonyl (C=O) groups is 2. The fraction of sp³-hybridized carbons (Fsp3) is 0.333. The number of rotatable bonds is 8. The van der Waals surface area contributed by atoms with Crippen molar-refractivity contribution in [3.8, 4) is 0 Å². The minimum atomic E-state index is -0.210. The van der Waals surface area contributed by atoms with Crippen LogP contribution in [0.4, 0.5) is 0 Å². The molecular formula is C21H25N3O2. The van der Waals surface area contributed by atoms with E-state index < -0.39 is 0 Å². The van der Waals surface area contributed by atoms with Crippen LogP contribution in [0.15, 0.2) is 60.7 Å². The molecule has 0 bridgehead atoms. The minimum Gasteiger partial charge on any atom is -0.352 e. The summed E-state index contributed by atoms with van der Waals surface area (Å²) >= 11 is 0. The Morgan fingerprint density at radius 1 is 0.923 bits per heavy atom. The molecule has 0 spiro atoms. The van der Waals surface area contributed by atoms with E-state index in [1.807, 2.05) is 60.7 Å². The van der Waals surface area contributed by atoms with Crippen molar-refractivity contribution in [3.05, 3.63) is 71.8 Å². The average molecular weight is 351 g/mol. The van der Waals surface area contributed by atoms with Crippen molar-refractivity contribution in [1.82, 2.24) is 15.5 Å². The van der Waals surface area contributed by atoms with Gasteiger partial charge in [0.1, 0.15) is 0 Å². The molecular weight excluding hydrogens is 326 g/mol. The first-order valence-electron chi connectivity index (χ1n) is 8.99. The number of benzene rings is 2. The number of hydrogen-bond acceptors (Lipinski definition) is 3. The van der Waals surface area contributed by atoms with Crippen LogP contribution >= 0.6 is 0 Å². The second-order valence-corrected chi connectivity index (χ2v) is 6.84. The first-order valence-corrected chi connectivity index (χ1v) is 8.99. The summed E-state index contributed by atoms with van der Waals surface area (Å²) in [7, 11) is 1.78. The SMILES string of the molecule is CN(CC(=O)NC1CC1)CC(=O)NC(c1ccccc1)c1ccccc1. The molecule has 2 N–H and O–H groups in total. The standard InChI is InChI=1S/C21H25N3O2/c1-24(14-19(25)22-18-12-13-18)15-20(26)23-21(16-8-4-2-5-9-16)17-10-6-3-7-11-17/h2-11,18,21H,12-15H2,1H3,(H,22,25)(H,23,26). The molecule has 1 saturated carbocycles. The maximum Gasteiger partial charge on any atom is 0.234 e. The summed E-state index contributed by atoms with van der Waals surface area (Å²) in [5.41, 5.74) is 2.06. The zero-order chi connectivity index (χ0) is 18.4. The van der Waals surface area contributed by atoms with Crippen molar-refractivity contribution in [3.63, 3.8) is 0 Å². The van der Waals surface area contributed by atoms with Gasteiger partial charge in [-0.1, -0.05) is 60.7 Å². The van der Waals surface area contributed by atoms with Gasteiger partial charge in [0.2, 0.25) is 11.8 Å². The number of amides is 2. The Kier molecular flexibility index (Phi) is 6.02. The number of likely N-dealkylation sites (N-methyl/N-ethyl adjacent to an activating group) is 1. The van der Waals surface area contributed by atoms with E-state index in [4.69, 9.17) is 0 Å². The Morgan fingerprint density at radius 2 is 1.42 bits per heavy atom. The van der Waals surface area contributed by atoms with Gasteiger partial charge in [0.05, 0.1) is 19.1 Å². The molecule has 0 aromatic heterocycles. The van der Waals surface area contributed by atoms with Gasteiger partial charge in [0.15, 0.2) is 0 Å². The van der Waals surface area contributed by atoms with Crippen molar-refractivity contribution in [2.75, 3.05) is 20.1 Å². The summed E-state index contributed by atoms with van der Waals surface area (Å²) in [6.07, 6.45) is 2.12. The molecule has 0 saturated heterocycles. The van der Waals surface area contributed by atoms with Crippen molar-refractivity contribution in [2.24, 2.45) is 0 Å². The van der Waals surface area contributed by atoms with Gasteiger partial charge in [0.25, 0.3) is 0 Å². The summed E-state index contributed by atoms with van der Waals surface area (Å²) in [6, 6.07) is 19.9. The average Bonchev–Trinajstić information content (AvgIpc) is 3.44. The third-order valence-electron chi connectivity index (χ3n) is 4.34. The molecule has 136 valence electrons. The van der Waals surface area contributed by atoms with E-state index in [9.17, 15) is 9.59 Å². The van der Waals surface area contributed by atoms with Gasteiger partial charge in [-0.3, -0.25) is 14.5 Å². The first kappa shape index (κ1) is 18.1. The molecule has 1 aliphatic rings. The number of hydrogen-bond donors (Lipinski definition) is 2. The fourth-order valence-electron chi connectivity index (χ4n) is 2.90.